The number of methoxy groups -OCH3 is 4. The quantitative estimate of drug-likeness (QED) is 0.0360. The molecule has 21 heteroatoms. The molecule has 11 rings (SSSR count). The first-order valence-corrected chi connectivity index (χ1v) is 28.0. The normalized spacial score (nSPS) is 23.9. The van der Waals surface area contributed by atoms with Crippen LogP contribution in [0.3, 0.4) is 0 Å². The fraction of sp³-hybridized carbons (Fsp3) is 0.476. The first kappa shape index (κ1) is 67.9. The first-order valence-electron chi connectivity index (χ1n) is 28.0. The van der Waals surface area contributed by atoms with E-state index in [9.17, 15) is 34.6 Å². The van der Waals surface area contributed by atoms with Crippen LogP contribution in [0, 0.1) is 20.2 Å². The standard InChI is InChI=1S/C12H13NO5.C12H16O2.C11H14O2.C11H12O2.C7H5NO4.2C5H10O2/c1-17-10-6-11(7-10)18-12(14)8-2-4-9(5-3-8)13(15)16;1-13-11-7-12(8-11)14-9-10-5-3-2-4-6-10;2*12-10-6-11(7-10)13-8-9-4-2-1-3-5-9;9-7(10)5-1-3-6(4-2-5)8(11)12;2*1-7-5-2-4(6)3-5/h2-5,10-11H,6-7H2,1H3;2-6,11-12H,7-9H2,1H3;1-5,10-12H,6-8H2;1-5,11H,6-8H2;1-4H,(H,9,10);2*4-6H,2-3H2,1H3. The molecular weight excluding hydrogens is 1090 g/mol. The summed E-state index contributed by atoms with van der Waals surface area (Å²) < 4.78 is 42.1. The summed E-state index contributed by atoms with van der Waals surface area (Å²) in [6.07, 6.45) is 11.4. The van der Waals surface area contributed by atoms with Gasteiger partial charge in [0.1, 0.15) is 11.9 Å². The van der Waals surface area contributed by atoms with Crippen LogP contribution in [0.15, 0.2) is 140 Å². The van der Waals surface area contributed by atoms with E-state index in [1.165, 1.54) is 53.1 Å². The Bertz CT molecular complexity index is 2620. The Balaban J connectivity index is 0.000000183. The summed E-state index contributed by atoms with van der Waals surface area (Å²) in [5.74, 6) is -1.23. The molecule has 6 aliphatic rings. The van der Waals surface area contributed by atoms with Crippen LogP contribution in [-0.2, 0) is 62.5 Å². The number of non-ortho nitro benzene ring substituents is 2. The molecule has 21 nitrogen and oxygen atoms in total. The zero-order chi connectivity index (χ0) is 60.8. The summed E-state index contributed by atoms with van der Waals surface area (Å²) in [6, 6.07) is 40.5. The highest BCUT2D eigenvalue weighted by Crippen LogP contribution is 2.29. The number of hydrogen-bond acceptors (Lipinski definition) is 18. The lowest BCUT2D eigenvalue weighted by Gasteiger charge is -2.33. The van der Waals surface area contributed by atoms with Crippen LogP contribution in [0.4, 0.5) is 11.4 Å². The highest BCUT2D eigenvalue weighted by atomic mass is 16.6. The Labute approximate surface area is 490 Å². The summed E-state index contributed by atoms with van der Waals surface area (Å²) in [5, 5.41) is 55.4. The highest BCUT2D eigenvalue weighted by molar-refractivity contribution is 5.90. The third kappa shape index (κ3) is 25.1. The van der Waals surface area contributed by atoms with Gasteiger partial charge in [0.15, 0.2) is 0 Å². The van der Waals surface area contributed by atoms with Gasteiger partial charge in [-0.25, -0.2) is 9.59 Å². The lowest BCUT2D eigenvalue weighted by molar-refractivity contribution is -0.385. The minimum Gasteiger partial charge on any atom is -0.478 e. The van der Waals surface area contributed by atoms with Gasteiger partial charge in [0.2, 0.25) is 0 Å². The molecule has 0 amide bonds. The number of hydrogen-bond donors (Lipinski definition) is 4. The number of carboxylic acid groups (broad SMARTS) is 1. The number of esters is 1. The van der Waals surface area contributed by atoms with E-state index < -0.39 is 21.8 Å². The van der Waals surface area contributed by atoms with Crippen molar-refractivity contribution in [1.29, 1.82) is 0 Å². The van der Waals surface area contributed by atoms with Crippen LogP contribution in [0.2, 0.25) is 0 Å². The van der Waals surface area contributed by atoms with Crippen molar-refractivity contribution in [3.05, 3.63) is 188 Å². The minimum atomic E-state index is -1.09. The Morgan fingerprint density at radius 1 is 0.429 bits per heavy atom. The average Bonchev–Trinajstić information content (AvgIpc) is 3.55. The molecule has 0 saturated heterocycles. The lowest BCUT2D eigenvalue weighted by Crippen LogP contribution is -2.38. The summed E-state index contributed by atoms with van der Waals surface area (Å²) in [5.41, 5.74) is 3.82. The van der Waals surface area contributed by atoms with Gasteiger partial charge >= 0.3 is 11.9 Å². The monoisotopic (exact) mass is 1170 g/mol. The predicted molar refractivity (Wildman–Crippen MR) is 309 cm³/mol. The van der Waals surface area contributed by atoms with Crippen molar-refractivity contribution >= 4 is 29.1 Å². The molecule has 0 aliphatic heterocycles. The average molecular weight is 1170 g/mol. The maximum atomic E-state index is 11.7. The molecule has 456 valence electrons. The molecule has 0 atom stereocenters. The van der Waals surface area contributed by atoms with Gasteiger partial charge in [-0.05, 0) is 92.3 Å². The lowest BCUT2D eigenvalue weighted by atomic mass is 9.92. The summed E-state index contributed by atoms with van der Waals surface area (Å²) in [6.45, 7) is 2.01. The number of aliphatic hydroxyl groups is 3. The van der Waals surface area contributed by atoms with Gasteiger partial charge in [0, 0.05) is 78.4 Å². The molecular formula is C63H80N2O19. The van der Waals surface area contributed by atoms with Crippen molar-refractivity contribution in [2.75, 3.05) is 28.4 Å². The fourth-order valence-electron chi connectivity index (χ4n) is 8.38. The molecule has 0 aromatic heterocycles. The van der Waals surface area contributed by atoms with Crippen molar-refractivity contribution in [1.82, 2.24) is 0 Å². The van der Waals surface area contributed by atoms with Crippen LogP contribution in [0.25, 0.3) is 0 Å². The van der Waals surface area contributed by atoms with Crippen molar-refractivity contribution in [2.45, 2.75) is 164 Å². The number of carboxylic acids is 1. The molecule has 6 fully saturated rings. The summed E-state index contributed by atoms with van der Waals surface area (Å²) in [7, 11) is 6.74. The number of ketones is 1. The second-order valence-corrected chi connectivity index (χ2v) is 20.9. The van der Waals surface area contributed by atoms with Gasteiger partial charge in [-0.2, -0.15) is 0 Å². The Morgan fingerprint density at radius 3 is 1.02 bits per heavy atom. The molecule has 5 aromatic rings. The Kier molecular flexibility index (Phi) is 29.7. The number of benzene rings is 5. The van der Waals surface area contributed by atoms with Crippen molar-refractivity contribution < 1.29 is 82.6 Å². The van der Waals surface area contributed by atoms with E-state index in [0.29, 0.717) is 74.7 Å². The van der Waals surface area contributed by atoms with E-state index in [1.807, 2.05) is 66.7 Å². The zero-order valence-corrected chi connectivity index (χ0v) is 48.0. The van der Waals surface area contributed by atoms with Crippen molar-refractivity contribution in [3.8, 4) is 0 Å². The zero-order valence-electron chi connectivity index (χ0n) is 48.0. The molecule has 0 unspecified atom stereocenters. The summed E-state index contributed by atoms with van der Waals surface area (Å²) >= 11 is 0. The van der Waals surface area contributed by atoms with Crippen LogP contribution >= 0.6 is 0 Å². The fourth-order valence-corrected chi connectivity index (χ4v) is 8.38. The smallest absolute Gasteiger partial charge is 0.338 e. The third-order valence-corrected chi connectivity index (χ3v) is 14.5. The molecule has 4 N–H and O–H groups in total. The van der Waals surface area contributed by atoms with E-state index in [0.717, 1.165) is 70.1 Å². The number of aliphatic hydroxyl groups excluding tert-OH is 3. The number of aromatic carboxylic acids is 1. The van der Waals surface area contributed by atoms with E-state index in [4.69, 9.17) is 58.3 Å². The number of carbonyl (C=O) groups is 3. The van der Waals surface area contributed by atoms with E-state index >= 15 is 0 Å². The molecule has 0 heterocycles. The van der Waals surface area contributed by atoms with Gasteiger partial charge in [-0.1, -0.05) is 91.0 Å². The Morgan fingerprint density at radius 2 is 0.726 bits per heavy atom. The van der Waals surface area contributed by atoms with Gasteiger partial charge < -0.3 is 58.3 Å². The molecule has 0 radical (unpaired) electrons. The largest absolute Gasteiger partial charge is 0.478 e. The topological polar surface area (TPSA) is 292 Å². The van der Waals surface area contributed by atoms with Crippen LogP contribution in [0.1, 0.15) is 114 Å². The maximum Gasteiger partial charge on any atom is 0.338 e. The van der Waals surface area contributed by atoms with Gasteiger partial charge in [0.25, 0.3) is 11.4 Å². The number of nitro groups is 2. The number of ether oxygens (including phenoxy) is 8. The molecule has 0 spiro atoms. The number of nitro benzene ring substituents is 2. The van der Waals surface area contributed by atoms with Crippen molar-refractivity contribution in [2.24, 2.45) is 0 Å². The number of Topliss-reactive ketones (excluding diaryl/α,β-unsaturated/α-hetero) is 1. The van der Waals surface area contributed by atoms with E-state index in [2.05, 4.69) is 24.3 Å². The van der Waals surface area contributed by atoms with Gasteiger partial charge in [-0.15, -0.1) is 0 Å². The number of carbonyl (C=O) groups excluding carboxylic acids is 2. The first-order chi connectivity index (χ1) is 40.4. The van der Waals surface area contributed by atoms with Crippen LogP contribution in [-0.4, -0.2) is 144 Å². The predicted octanol–water partition coefficient (Wildman–Crippen LogP) is 9.58. The molecule has 6 saturated carbocycles. The van der Waals surface area contributed by atoms with Crippen LogP contribution in [0.5, 0.6) is 0 Å². The molecule has 5 aromatic carbocycles. The van der Waals surface area contributed by atoms with E-state index in [-0.39, 0.29) is 59.7 Å². The maximum absolute atomic E-state index is 11.7. The highest BCUT2D eigenvalue weighted by Gasteiger charge is 2.33. The number of nitrogens with zero attached hydrogens (tertiary/aromatic N) is 2. The second kappa shape index (κ2) is 36.7. The SMILES string of the molecule is COC1CC(O)C1.COC1CC(O)C1.COC1CC(OC(=O)c2ccc([N+](=O)[O-])cc2)C1.COC1CC(OCc2ccccc2)C1.O=C(O)c1ccc([N+](=O)[O-])cc1.O=C1CC(OCc2ccccc2)C1.OC1CC(OCc2ccccc2)C1. The van der Waals surface area contributed by atoms with Crippen molar-refractivity contribution in [3.63, 3.8) is 0 Å². The third-order valence-electron chi connectivity index (χ3n) is 14.5. The number of rotatable bonds is 18. The van der Waals surface area contributed by atoms with Gasteiger partial charge in [0.05, 0.1) is 102 Å². The Hall–Kier alpha value is -6.89. The second-order valence-electron chi connectivity index (χ2n) is 20.9. The van der Waals surface area contributed by atoms with E-state index in [1.54, 1.807) is 28.4 Å². The summed E-state index contributed by atoms with van der Waals surface area (Å²) in [4.78, 5) is 52.2. The van der Waals surface area contributed by atoms with Crippen LogP contribution < -0.4 is 0 Å². The molecule has 6 aliphatic carbocycles. The minimum absolute atomic E-state index is 0.0422. The molecule has 0 bridgehead atoms. The van der Waals surface area contributed by atoms with Gasteiger partial charge in [-0.3, -0.25) is 25.0 Å². The molecule has 84 heavy (non-hydrogen) atoms.